The van der Waals surface area contributed by atoms with Crippen molar-refractivity contribution < 1.29 is 9.53 Å². The maximum Gasteiger partial charge on any atom is 0.313 e. The number of rotatable bonds is 4. The van der Waals surface area contributed by atoms with Gasteiger partial charge in [0, 0.05) is 17.3 Å². The van der Waals surface area contributed by atoms with Gasteiger partial charge in [0.15, 0.2) is 0 Å². The highest BCUT2D eigenvalue weighted by molar-refractivity contribution is 6.31. The minimum absolute atomic E-state index is 0.122. The summed E-state index contributed by atoms with van der Waals surface area (Å²) in [7, 11) is 1.44. The Labute approximate surface area is 106 Å². The zero-order valence-electron chi connectivity index (χ0n) is 10.0. The van der Waals surface area contributed by atoms with Crippen molar-refractivity contribution in [1.29, 1.82) is 0 Å². The van der Waals surface area contributed by atoms with E-state index in [4.69, 9.17) is 16.3 Å². The highest BCUT2D eigenvalue weighted by atomic mass is 35.5. The summed E-state index contributed by atoms with van der Waals surface area (Å²) in [5, 5.41) is 3.98. The Kier molecular flexibility index (Phi) is 3.29. The molecule has 2 rings (SSSR count). The van der Waals surface area contributed by atoms with Gasteiger partial charge in [0.1, 0.15) is 0 Å². The van der Waals surface area contributed by atoms with E-state index in [0.29, 0.717) is 6.54 Å². The van der Waals surface area contributed by atoms with E-state index < -0.39 is 0 Å². The largest absolute Gasteiger partial charge is 0.469 e. The van der Waals surface area contributed by atoms with E-state index in [0.717, 1.165) is 29.1 Å². The quantitative estimate of drug-likeness (QED) is 0.839. The summed E-state index contributed by atoms with van der Waals surface area (Å²) in [4.78, 5) is 11.6. The van der Waals surface area contributed by atoms with Crippen molar-refractivity contribution in [3.05, 3.63) is 28.8 Å². The van der Waals surface area contributed by atoms with Gasteiger partial charge in [0.25, 0.3) is 0 Å². The van der Waals surface area contributed by atoms with Crippen LogP contribution < -0.4 is 5.32 Å². The fourth-order valence-electron chi connectivity index (χ4n) is 1.79. The van der Waals surface area contributed by atoms with Gasteiger partial charge >= 0.3 is 5.97 Å². The first kappa shape index (κ1) is 12.2. The number of aryl methyl sites for hydroxylation is 1. The summed E-state index contributed by atoms with van der Waals surface area (Å²) < 4.78 is 4.80. The molecule has 0 aliphatic heterocycles. The predicted octanol–water partition coefficient (Wildman–Crippen LogP) is 3.01. The summed E-state index contributed by atoms with van der Waals surface area (Å²) in [5.41, 5.74) is 1.67. The lowest BCUT2D eigenvalue weighted by Gasteiger charge is -2.14. The number of ether oxygens (including phenoxy) is 1. The van der Waals surface area contributed by atoms with E-state index in [-0.39, 0.29) is 11.4 Å². The van der Waals surface area contributed by atoms with Crippen LogP contribution in [0.4, 0.5) is 5.69 Å². The minimum Gasteiger partial charge on any atom is -0.469 e. The van der Waals surface area contributed by atoms with Gasteiger partial charge in [-0.25, -0.2) is 0 Å². The molecule has 0 aromatic heterocycles. The molecular formula is C13H16ClNO2. The smallest absolute Gasteiger partial charge is 0.313 e. The number of nitrogens with one attached hydrogen (secondary N) is 1. The molecule has 1 fully saturated rings. The second-order valence-electron chi connectivity index (χ2n) is 4.59. The van der Waals surface area contributed by atoms with Crippen molar-refractivity contribution in [3.8, 4) is 0 Å². The molecule has 1 aromatic rings. The molecule has 1 aliphatic carbocycles. The van der Waals surface area contributed by atoms with Gasteiger partial charge in [0.05, 0.1) is 12.5 Å². The summed E-state index contributed by atoms with van der Waals surface area (Å²) in [6.45, 7) is 2.57. The van der Waals surface area contributed by atoms with E-state index in [2.05, 4.69) is 5.32 Å². The monoisotopic (exact) mass is 253 g/mol. The van der Waals surface area contributed by atoms with Crippen LogP contribution in [0.1, 0.15) is 18.4 Å². The third-order valence-electron chi connectivity index (χ3n) is 3.27. The van der Waals surface area contributed by atoms with Gasteiger partial charge in [-0.2, -0.15) is 0 Å². The Balaban J connectivity index is 1.98. The van der Waals surface area contributed by atoms with Crippen LogP contribution in [-0.2, 0) is 9.53 Å². The van der Waals surface area contributed by atoms with Crippen molar-refractivity contribution in [2.24, 2.45) is 5.41 Å². The highest BCUT2D eigenvalue weighted by Gasteiger charge is 2.50. The van der Waals surface area contributed by atoms with Crippen molar-refractivity contribution in [3.63, 3.8) is 0 Å². The predicted molar refractivity (Wildman–Crippen MR) is 68.4 cm³/mol. The number of hydrogen-bond donors (Lipinski definition) is 1. The molecule has 17 heavy (non-hydrogen) atoms. The second-order valence-corrected chi connectivity index (χ2v) is 5.00. The summed E-state index contributed by atoms with van der Waals surface area (Å²) in [6.07, 6.45) is 1.79. The zero-order valence-corrected chi connectivity index (χ0v) is 10.8. The van der Waals surface area contributed by atoms with Crippen LogP contribution in [0, 0.1) is 12.3 Å². The third kappa shape index (κ3) is 2.55. The van der Waals surface area contributed by atoms with Crippen LogP contribution in [0.5, 0.6) is 0 Å². The standard InChI is InChI=1S/C13H16ClNO2/c1-9-3-4-10(7-11(9)14)15-8-13(5-6-13)12(16)17-2/h3-4,7,15H,5-6,8H2,1-2H3. The molecule has 0 atom stereocenters. The van der Waals surface area contributed by atoms with Crippen molar-refractivity contribution in [2.45, 2.75) is 19.8 Å². The number of halogens is 1. The van der Waals surface area contributed by atoms with Crippen LogP contribution in [0.2, 0.25) is 5.02 Å². The van der Waals surface area contributed by atoms with Gasteiger partial charge in [-0.15, -0.1) is 0 Å². The van der Waals surface area contributed by atoms with E-state index in [1.54, 1.807) is 0 Å². The molecule has 0 spiro atoms. The number of carbonyl (C=O) groups excluding carboxylic acids is 1. The van der Waals surface area contributed by atoms with Gasteiger partial charge in [-0.05, 0) is 37.5 Å². The second kappa shape index (κ2) is 4.57. The Hall–Kier alpha value is -1.22. The first-order valence-electron chi connectivity index (χ1n) is 5.66. The molecule has 0 unspecified atom stereocenters. The number of anilines is 1. The maximum absolute atomic E-state index is 11.6. The molecule has 0 saturated heterocycles. The van der Waals surface area contributed by atoms with Crippen LogP contribution in [0.25, 0.3) is 0 Å². The number of methoxy groups -OCH3 is 1. The number of esters is 1. The molecule has 0 bridgehead atoms. The molecule has 0 heterocycles. The van der Waals surface area contributed by atoms with E-state index in [1.165, 1.54) is 7.11 Å². The Bertz CT molecular complexity index is 441. The van der Waals surface area contributed by atoms with Gasteiger partial charge in [0.2, 0.25) is 0 Å². The van der Waals surface area contributed by atoms with Crippen LogP contribution in [0.15, 0.2) is 18.2 Å². The fraction of sp³-hybridized carbons (Fsp3) is 0.462. The van der Waals surface area contributed by atoms with Crippen LogP contribution in [0.3, 0.4) is 0 Å². The maximum atomic E-state index is 11.6. The van der Waals surface area contributed by atoms with Crippen molar-refractivity contribution >= 4 is 23.3 Å². The van der Waals surface area contributed by atoms with Gasteiger partial charge in [-0.1, -0.05) is 17.7 Å². The first-order chi connectivity index (χ1) is 8.07. The van der Waals surface area contributed by atoms with E-state index in [1.807, 2.05) is 25.1 Å². The number of hydrogen-bond acceptors (Lipinski definition) is 3. The molecule has 0 amide bonds. The fourth-order valence-corrected chi connectivity index (χ4v) is 1.98. The molecule has 92 valence electrons. The molecule has 1 N–H and O–H groups in total. The topological polar surface area (TPSA) is 38.3 Å². The molecule has 1 aliphatic rings. The highest BCUT2D eigenvalue weighted by Crippen LogP contribution is 2.46. The molecule has 4 heteroatoms. The lowest BCUT2D eigenvalue weighted by molar-refractivity contribution is -0.146. The lowest BCUT2D eigenvalue weighted by atomic mass is 10.1. The average molecular weight is 254 g/mol. The van der Waals surface area contributed by atoms with Gasteiger partial charge < -0.3 is 10.1 Å². The molecule has 3 nitrogen and oxygen atoms in total. The normalized spacial score (nSPS) is 16.4. The zero-order chi connectivity index (χ0) is 12.5. The first-order valence-corrected chi connectivity index (χ1v) is 6.04. The van der Waals surface area contributed by atoms with E-state index >= 15 is 0 Å². The molecule has 1 aromatic carbocycles. The molecular weight excluding hydrogens is 238 g/mol. The lowest BCUT2D eigenvalue weighted by Crippen LogP contribution is -2.25. The SMILES string of the molecule is COC(=O)C1(CNc2ccc(C)c(Cl)c2)CC1. The molecule has 0 radical (unpaired) electrons. The van der Waals surface area contributed by atoms with Crippen molar-refractivity contribution in [2.75, 3.05) is 19.0 Å². The summed E-state index contributed by atoms with van der Waals surface area (Å²) in [5.74, 6) is -0.122. The van der Waals surface area contributed by atoms with E-state index in [9.17, 15) is 4.79 Å². The summed E-state index contributed by atoms with van der Waals surface area (Å²) in [6, 6.07) is 5.81. The van der Waals surface area contributed by atoms with Gasteiger partial charge in [-0.3, -0.25) is 4.79 Å². The summed E-state index contributed by atoms with van der Waals surface area (Å²) >= 11 is 6.04. The average Bonchev–Trinajstić information content (AvgIpc) is 3.11. The Morgan fingerprint density at radius 3 is 2.76 bits per heavy atom. The van der Waals surface area contributed by atoms with Crippen LogP contribution in [-0.4, -0.2) is 19.6 Å². The Morgan fingerprint density at radius 1 is 1.53 bits per heavy atom. The van der Waals surface area contributed by atoms with Crippen LogP contribution >= 0.6 is 11.6 Å². The molecule has 1 saturated carbocycles. The number of benzene rings is 1. The minimum atomic E-state index is -0.313. The Morgan fingerprint density at radius 2 is 2.24 bits per heavy atom. The van der Waals surface area contributed by atoms with Crippen molar-refractivity contribution in [1.82, 2.24) is 0 Å². The number of carbonyl (C=O) groups is 1. The third-order valence-corrected chi connectivity index (χ3v) is 3.68.